The topological polar surface area (TPSA) is 55.4 Å². The molecule has 0 saturated carbocycles. The summed E-state index contributed by atoms with van der Waals surface area (Å²) in [6, 6.07) is 15.7. The first-order valence-corrected chi connectivity index (χ1v) is 12.8. The summed E-state index contributed by atoms with van der Waals surface area (Å²) in [5, 5.41) is 5.20. The van der Waals surface area contributed by atoms with E-state index in [0.717, 1.165) is 39.8 Å². The molecule has 5 rings (SSSR count). The second kappa shape index (κ2) is 9.11. The molecule has 1 aliphatic carbocycles. The van der Waals surface area contributed by atoms with E-state index >= 15 is 0 Å². The van der Waals surface area contributed by atoms with Crippen molar-refractivity contribution in [1.29, 1.82) is 0 Å². The zero-order valence-corrected chi connectivity index (χ0v) is 20.8. The van der Waals surface area contributed by atoms with Gasteiger partial charge in [-0.1, -0.05) is 59.6 Å². The Kier molecular flexibility index (Phi) is 6.18. The van der Waals surface area contributed by atoms with E-state index in [1.54, 1.807) is 18.2 Å². The zero-order valence-electron chi connectivity index (χ0n) is 17.6. The van der Waals surface area contributed by atoms with Crippen LogP contribution in [0.1, 0.15) is 48.4 Å². The van der Waals surface area contributed by atoms with Crippen molar-refractivity contribution in [2.75, 3.05) is 12.4 Å². The minimum absolute atomic E-state index is 0.347. The number of thiophene rings is 2. The van der Waals surface area contributed by atoms with Crippen molar-refractivity contribution in [2.24, 2.45) is 0 Å². The number of fused-ring (bicyclic) bond motifs is 2. The smallest absolute Gasteiger partial charge is 0.341 e. The van der Waals surface area contributed by atoms with Crippen LogP contribution in [0.15, 0.2) is 48.5 Å². The number of carbonyl (C=O) groups is 2. The Bertz CT molecular complexity index is 1380. The number of ether oxygens (including phenoxy) is 1. The average molecular weight is 516 g/mol. The van der Waals surface area contributed by atoms with Crippen LogP contribution < -0.4 is 5.32 Å². The highest BCUT2D eigenvalue weighted by Gasteiger charge is 2.31. The van der Waals surface area contributed by atoms with Crippen LogP contribution in [0, 0.1) is 0 Å². The normalized spacial score (nSPS) is 15.3. The van der Waals surface area contributed by atoms with Gasteiger partial charge in [-0.3, -0.25) is 4.79 Å². The predicted octanol–water partition coefficient (Wildman–Crippen LogP) is 7.58. The zero-order chi connectivity index (χ0) is 23.1. The third-order valence-corrected chi connectivity index (χ3v) is 9.01. The number of carbonyl (C=O) groups excluding carboxylic acids is 2. The molecule has 1 amide bonds. The number of nitrogens with one attached hydrogen (secondary N) is 1. The Morgan fingerprint density at radius 1 is 1.09 bits per heavy atom. The lowest BCUT2D eigenvalue weighted by Gasteiger charge is -2.22. The van der Waals surface area contributed by atoms with E-state index in [1.807, 2.05) is 18.2 Å². The molecule has 8 heteroatoms. The Hall–Kier alpha value is -2.38. The summed E-state index contributed by atoms with van der Waals surface area (Å²) >= 11 is 15.3. The lowest BCUT2D eigenvalue weighted by Crippen LogP contribution is -2.16. The molecule has 1 unspecified atom stereocenters. The number of amides is 1. The van der Waals surface area contributed by atoms with E-state index in [2.05, 4.69) is 17.4 Å². The Morgan fingerprint density at radius 3 is 2.64 bits per heavy atom. The average Bonchev–Trinajstić information content (AvgIpc) is 3.35. The van der Waals surface area contributed by atoms with Gasteiger partial charge in [0.1, 0.15) is 9.88 Å². The van der Waals surface area contributed by atoms with Crippen LogP contribution in [0.2, 0.25) is 10.0 Å². The third-order valence-electron chi connectivity index (χ3n) is 5.95. The SMILES string of the molecule is COC(=O)c1c(NC(=O)c2sc3cc(Cl)ccc3c2Cl)sc2c1CCC(c1ccccc1)C2. The van der Waals surface area contributed by atoms with Gasteiger partial charge < -0.3 is 10.1 Å². The quantitative estimate of drug-likeness (QED) is 0.285. The predicted molar refractivity (Wildman–Crippen MR) is 137 cm³/mol. The van der Waals surface area contributed by atoms with Crippen LogP contribution in [0.4, 0.5) is 5.00 Å². The molecular weight excluding hydrogens is 497 g/mol. The van der Waals surface area contributed by atoms with Crippen molar-refractivity contribution in [3.05, 3.63) is 85.0 Å². The molecule has 2 aromatic heterocycles. The number of esters is 1. The molecule has 4 aromatic rings. The molecule has 2 heterocycles. The van der Waals surface area contributed by atoms with E-state index in [1.165, 1.54) is 35.3 Å². The number of rotatable bonds is 4. The van der Waals surface area contributed by atoms with E-state index in [9.17, 15) is 9.59 Å². The Morgan fingerprint density at radius 2 is 1.88 bits per heavy atom. The minimum atomic E-state index is -0.435. The lowest BCUT2D eigenvalue weighted by atomic mass is 9.83. The molecule has 1 aliphatic rings. The highest BCUT2D eigenvalue weighted by molar-refractivity contribution is 7.22. The summed E-state index contributed by atoms with van der Waals surface area (Å²) in [5.41, 5.74) is 2.72. The second-order valence-corrected chi connectivity index (χ2v) is 10.9. The molecule has 33 heavy (non-hydrogen) atoms. The number of anilines is 1. The number of hydrogen-bond donors (Lipinski definition) is 1. The largest absolute Gasteiger partial charge is 0.465 e. The fourth-order valence-corrected chi connectivity index (χ4v) is 7.35. The maximum Gasteiger partial charge on any atom is 0.341 e. The molecular formula is C25H19Cl2NO3S2. The summed E-state index contributed by atoms with van der Waals surface area (Å²) in [5.74, 6) is -0.399. The first-order chi connectivity index (χ1) is 16.0. The maximum atomic E-state index is 13.2. The van der Waals surface area contributed by atoms with Crippen molar-refractivity contribution in [2.45, 2.75) is 25.2 Å². The number of halogens is 2. The fraction of sp³-hybridized carbons (Fsp3) is 0.200. The van der Waals surface area contributed by atoms with Crippen molar-refractivity contribution in [1.82, 2.24) is 0 Å². The first-order valence-electron chi connectivity index (χ1n) is 10.4. The van der Waals surface area contributed by atoms with Gasteiger partial charge in [-0.05, 0) is 48.4 Å². The van der Waals surface area contributed by atoms with E-state index in [0.29, 0.717) is 31.4 Å². The monoisotopic (exact) mass is 515 g/mol. The van der Waals surface area contributed by atoms with E-state index in [4.69, 9.17) is 27.9 Å². The van der Waals surface area contributed by atoms with Crippen LogP contribution in [0.25, 0.3) is 10.1 Å². The molecule has 0 radical (unpaired) electrons. The van der Waals surface area contributed by atoms with Crippen molar-refractivity contribution < 1.29 is 14.3 Å². The number of methoxy groups -OCH3 is 1. The van der Waals surface area contributed by atoms with Gasteiger partial charge in [0, 0.05) is 20.0 Å². The third kappa shape index (κ3) is 4.17. The molecule has 0 aliphatic heterocycles. The van der Waals surface area contributed by atoms with Gasteiger partial charge in [-0.15, -0.1) is 22.7 Å². The highest BCUT2D eigenvalue weighted by atomic mass is 35.5. The minimum Gasteiger partial charge on any atom is -0.465 e. The molecule has 2 aromatic carbocycles. The molecule has 1 atom stereocenters. The Labute approximate surface area is 209 Å². The van der Waals surface area contributed by atoms with Gasteiger partial charge in [0.15, 0.2) is 0 Å². The van der Waals surface area contributed by atoms with Crippen molar-refractivity contribution >= 4 is 72.8 Å². The Balaban J connectivity index is 1.48. The second-order valence-electron chi connectivity index (χ2n) is 7.89. The summed E-state index contributed by atoms with van der Waals surface area (Å²) in [4.78, 5) is 27.4. The first kappa shape index (κ1) is 22.4. The van der Waals surface area contributed by atoms with Crippen LogP contribution >= 0.6 is 45.9 Å². The van der Waals surface area contributed by atoms with Gasteiger partial charge in [-0.25, -0.2) is 4.79 Å². The maximum absolute atomic E-state index is 13.2. The van der Waals surface area contributed by atoms with Crippen LogP contribution in [0.5, 0.6) is 0 Å². The summed E-state index contributed by atoms with van der Waals surface area (Å²) in [6.45, 7) is 0. The molecule has 4 nitrogen and oxygen atoms in total. The van der Waals surface area contributed by atoms with Crippen molar-refractivity contribution in [3.63, 3.8) is 0 Å². The summed E-state index contributed by atoms with van der Waals surface area (Å²) in [7, 11) is 1.36. The van der Waals surface area contributed by atoms with Crippen molar-refractivity contribution in [3.8, 4) is 0 Å². The van der Waals surface area contributed by atoms with Gasteiger partial charge >= 0.3 is 5.97 Å². The molecule has 1 N–H and O–H groups in total. The standard InChI is InChI=1S/C25H19Cl2NO3S2/c1-31-25(30)20-16-9-7-14(13-5-3-2-4-6-13)11-18(16)33-24(20)28-23(29)22-21(27)17-10-8-15(26)12-19(17)32-22/h2-6,8,10,12,14H,7,9,11H2,1H3,(H,28,29). The molecule has 0 bridgehead atoms. The van der Waals surface area contributed by atoms with E-state index < -0.39 is 5.97 Å². The molecule has 0 spiro atoms. The summed E-state index contributed by atoms with van der Waals surface area (Å²) in [6.07, 6.45) is 2.52. The molecule has 168 valence electrons. The van der Waals surface area contributed by atoms with Crippen LogP contribution in [-0.4, -0.2) is 19.0 Å². The fourth-order valence-electron chi connectivity index (χ4n) is 4.35. The summed E-state index contributed by atoms with van der Waals surface area (Å²) < 4.78 is 5.90. The number of benzene rings is 2. The van der Waals surface area contributed by atoms with Crippen LogP contribution in [-0.2, 0) is 17.6 Å². The highest BCUT2D eigenvalue weighted by Crippen LogP contribution is 2.44. The van der Waals surface area contributed by atoms with Gasteiger partial charge in [0.05, 0.1) is 17.7 Å². The van der Waals surface area contributed by atoms with Gasteiger partial charge in [-0.2, -0.15) is 0 Å². The lowest BCUT2D eigenvalue weighted by molar-refractivity contribution is 0.0601. The molecule has 0 fully saturated rings. The van der Waals surface area contributed by atoms with Gasteiger partial charge in [0.25, 0.3) is 5.91 Å². The molecule has 0 saturated heterocycles. The number of hydrogen-bond acceptors (Lipinski definition) is 5. The van der Waals surface area contributed by atoms with Gasteiger partial charge in [0.2, 0.25) is 0 Å². The van der Waals surface area contributed by atoms with Crippen LogP contribution in [0.3, 0.4) is 0 Å². The van der Waals surface area contributed by atoms with E-state index in [-0.39, 0.29) is 5.91 Å².